The Labute approximate surface area is 156 Å². The van der Waals surface area contributed by atoms with Crippen LogP contribution in [-0.2, 0) is 6.42 Å². The number of methoxy groups -OCH3 is 2. The molecule has 140 valence electrons. The Bertz CT molecular complexity index is 699. The highest BCUT2D eigenvalue weighted by atomic mass is 16.5. The van der Waals surface area contributed by atoms with Crippen LogP contribution in [0, 0.1) is 0 Å². The molecule has 0 aromatic heterocycles. The largest absolute Gasteiger partial charge is 0.497 e. The number of hydrogen-bond acceptors (Lipinski definition) is 3. The lowest BCUT2D eigenvalue weighted by atomic mass is 10.0. The van der Waals surface area contributed by atoms with Crippen molar-refractivity contribution in [3.63, 3.8) is 0 Å². The van der Waals surface area contributed by atoms with Crippen molar-refractivity contribution in [1.82, 2.24) is 10.6 Å². The zero-order valence-electron chi connectivity index (χ0n) is 16.1. The number of benzene rings is 2. The minimum absolute atomic E-state index is 0.311. The second-order valence-corrected chi connectivity index (χ2v) is 6.12. The first-order chi connectivity index (χ1) is 12.7. The number of guanidine groups is 1. The van der Waals surface area contributed by atoms with E-state index in [9.17, 15) is 0 Å². The summed E-state index contributed by atoms with van der Waals surface area (Å²) in [5.74, 6) is 2.92. The van der Waals surface area contributed by atoms with Gasteiger partial charge < -0.3 is 20.1 Å². The second-order valence-electron chi connectivity index (χ2n) is 6.12. The maximum atomic E-state index is 5.45. The highest BCUT2D eigenvalue weighted by Crippen LogP contribution is 2.25. The van der Waals surface area contributed by atoms with Gasteiger partial charge in [0, 0.05) is 26.1 Å². The van der Waals surface area contributed by atoms with Gasteiger partial charge in [0.05, 0.1) is 14.2 Å². The van der Waals surface area contributed by atoms with Crippen molar-refractivity contribution < 1.29 is 9.47 Å². The van der Waals surface area contributed by atoms with Gasteiger partial charge in [0.15, 0.2) is 5.96 Å². The van der Waals surface area contributed by atoms with Crippen LogP contribution in [0.2, 0.25) is 0 Å². The number of nitrogens with one attached hydrogen (secondary N) is 2. The molecule has 1 atom stereocenters. The first-order valence-corrected chi connectivity index (χ1v) is 8.88. The summed E-state index contributed by atoms with van der Waals surface area (Å²) >= 11 is 0. The van der Waals surface area contributed by atoms with Crippen molar-refractivity contribution in [2.45, 2.75) is 19.3 Å². The van der Waals surface area contributed by atoms with Gasteiger partial charge in [0.25, 0.3) is 0 Å². The highest BCUT2D eigenvalue weighted by Gasteiger charge is 2.11. The predicted octanol–water partition coefficient (Wildman–Crippen LogP) is 3.22. The van der Waals surface area contributed by atoms with E-state index in [4.69, 9.17) is 9.47 Å². The summed E-state index contributed by atoms with van der Waals surface area (Å²) in [6, 6.07) is 16.3. The molecule has 0 saturated heterocycles. The Balaban J connectivity index is 1.80. The fourth-order valence-corrected chi connectivity index (χ4v) is 2.77. The zero-order valence-corrected chi connectivity index (χ0v) is 16.1. The van der Waals surface area contributed by atoms with Gasteiger partial charge in [-0.2, -0.15) is 0 Å². The Hall–Kier alpha value is -2.69. The minimum atomic E-state index is 0.311. The number of rotatable bonds is 8. The lowest BCUT2D eigenvalue weighted by Gasteiger charge is -2.18. The number of para-hydroxylation sites is 1. The van der Waals surface area contributed by atoms with Gasteiger partial charge in [-0.3, -0.25) is 4.99 Å². The molecule has 0 fully saturated rings. The quantitative estimate of drug-likeness (QED) is 0.564. The SMILES string of the molecule is CN=C(NCCc1ccc(OC)cc1)NCC(C)c1ccccc1OC. The van der Waals surface area contributed by atoms with Gasteiger partial charge in [-0.15, -0.1) is 0 Å². The van der Waals surface area contributed by atoms with Crippen LogP contribution in [-0.4, -0.2) is 40.3 Å². The summed E-state index contributed by atoms with van der Waals surface area (Å²) < 4.78 is 10.6. The lowest BCUT2D eigenvalue weighted by Crippen LogP contribution is -2.39. The fraction of sp³-hybridized carbons (Fsp3) is 0.381. The van der Waals surface area contributed by atoms with Gasteiger partial charge in [-0.1, -0.05) is 37.3 Å². The van der Waals surface area contributed by atoms with E-state index in [-0.39, 0.29) is 0 Å². The molecule has 2 rings (SSSR count). The molecular weight excluding hydrogens is 326 g/mol. The van der Waals surface area contributed by atoms with E-state index in [1.807, 2.05) is 30.3 Å². The van der Waals surface area contributed by atoms with E-state index in [1.165, 1.54) is 11.1 Å². The van der Waals surface area contributed by atoms with Crippen LogP contribution in [0.25, 0.3) is 0 Å². The molecule has 0 aliphatic rings. The van der Waals surface area contributed by atoms with Gasteiger partial charge >= 0.3 is 0 Å². The molecule has 0 spiro atoms. The molecular formula is C21H29N3O2. The van der Waals surface area contributed by atoms with Crippen LogP contribution < -0.4 is 20.1 Å². The number of nitrogens with zero attached hydrogens (tertiary/aromatic N) is 1. The summed E-state index contributed by atoms with van der Waals surface area (Å²) in [5, 5.41) is 6.75. The topological polar surface area (TPSA) is 54.9 Å². The molecule has 0 amide bonds. The summed E-state index contributed by atoms with van der Waals surface area (Å²) in [5.41, 5.74) is 2.45. The van der Waals surface area contributed by atoms with E-state index < -0.39 is 0 Å². The molecule has 2 aromatic carbocycles. The Morgan fingerprint density at radius 2 is 1.73 bits per heavy atom. The van der Waals surface area contributed by atoms with Crippen molar-refractivity contribution in [3.05, 3.63) is 59.7 Å². The van der Waals surface area contributed by atoms with Crippen molar-refractivity contribution in [1.29, 1.82) is 0 Å². The molecule has 0 aliphatic carbocycles. The van der Waals surface area contributed by atoms with Crippen LogP contribution in [0.3, 0.4) is 0 Å². The van der Waals surface area contributed by atoms with E-state index >= 15 is 0 Å². The Kier molecular flexibility index (Phi) is 7.80. The molecule has 2 N–H and O–H groups in total. The van der Waals surface area contributed by atoms with E-state index in [0.29, 0.717) is 5.92 Å². The molecule has 2 aromatic rings. The van der Waals surface area contributed by atoms with Crippen molar-refractivity contribution in [2.75, 3.05) is 34.4 Å². The third-order valence-electron chi connectivity index (χ3n) is 4.33. The average molecular weight is 355 g/mol. The molecule has 5 nitrogen and oxygen atoms in total. The normalized spacial score (nSPS) is 12.4. The number of ether oxygens (including phenoxy) is 2. The maximum absolute atomic E-state index is 5.45. The fourth-order valence-electron chi connectivity index (χ4n) is 2.77. The molecule has 0 heterocycles. The summed E-state index contributed by atoms with van der Waals surface area (Å²) in [6.45, 7) is 3.77. The van der Waals surface area contributed by atoms with Crippen molar-refractivity contribution in [2.24, 2.45) is 4.99 Å². The van der Waals surface area contributed by atoms with Crippen LogP contribution in [0.1, 0.15) is 24.0 Å². The zero-order chi connectivity index (χ0) is 18.8. The summed E-state index contributed by atoms with van der Waals surface area (Å²) in [7, 11) is 5.17. The molecule has 26 heavy (non-hydrogen) atoms. The van der Waals surface area contributed by atoms with Crippen LogP contribution >= 0.6 is 0 Å². The third kappa shape index (κ3) is 5.69. The smallest absolute Gasteiger partial charge is 0.191 e. The van der Waals surface area contributed by atoms with Gasteiger partial charge in [-0.05, 0) is 35.7 Å². The maximum Gasteiger partial charge on any atom is 0.191 e. The molecule has 5 heteroatoms. The molecule has 0 aliphatic heterocycles. The summed E-state index contributed by atoms with van der Waals surface area (Å²) in [4.78, 5) is 4.30. The van der Waals surface area contributed by atoms with Gasteiger partial charge in [0.1, 0.15) is 11.5 Å². The molecule has 1 unspecified atom stereocenters. The van der Waals surface area contributed by atoms with Crippen molar-refractivity contribution in [3.8, 4) is 11.5 Å². The Morgan fingerprint density at radius 1 is 1.00 bits per heavy atom. The second kappa shape index (κ2) is 10.3. The van der Waals surface area contributed by atoms with Crippen LogP contribution in [0.15, 0.2) is 53.5 Å². The monoisotopic (exact) mass is 355 g/mol. The average Bonchev–Trinajstić information content (AvgIpc) is 2.70. The summed E-state index contributed by atoms with van der Waals surface area (Å²) in [6.07, 6.45) is 0.923. The van der Waals surface area contributed by atoms with E-state index in [0.717, 1.165) is 37.0 Å². The van der Waals surface area contributed by atoms with Crippen LogP contribution in [0.5, 0.6) is 11.5 Å². The minimum Gasteiger partial charge on any atom is -0.497 e. The van der Waals surface area contributed by atoms with Gasteiger partial charge in [0.2, 0.25) is 0 Å². The van der Waals surface area contributed by atoms with E-state index in [2.05, 4.69) is 40.7 Å². The number of hydrogen-bond donors (Lipinski definition) is 2. The third-order valence-corrected chi connectivity index (χ3v) is 4.33. The first-order valence-electron chi connectivity index (χ1n) is 8.88. The lowest BCUT2D eigenvalue weighted by molar-refractivity contribution is 0.406. The molecule has 0 radical (unpaired) electrons. The molecule has 0 bridgehead atoms. The highest BCUT2D eigenvalue weighted by molar-refractivity contribution is 5.79. The van der Waals surface area contributed by atoms with E-state index in [1.54, 1.807) is 21.3 Å². The molecule has 0 saturated carbocycles. The first kappa shape index (κ1) is 19.6. The van der Waals surface area contributed by atoms with Crippen molar-refractivity contribution >= 4 is 5.96 Å². The van der Waals surface area contributed by atoms with Crippen LogP contribution in [0.4, 0.5) is 0 Å². The Morgan fingerprint density at radius 3 is 2.38 bits per heavy atom. The number of aliphatic imine (C=N–C) groups is 1. The standard InChI is InChI=1S/C21H29N3O2/c1-16(19-7-5-6-8-20(19)26-4)15-24-21(22-2)23-14-13-17-9-11-18(25-3)12-10-17/h5-12,16H,13-15H2,1-4H3,(H2,22,23,24). The predicted molar refractivity (Wildman–Crippen MR) is 107 cm³/mol. The van der Waals surface area contributed by atoms with Gasteiger partial charge in [-0.25, -0.2) is 0 Å².